The van der Waals surface area contributed by atoms with Gasteiger partial charge in [-0.2, -0.15) is 5.26 Å². The van der Waals surface area contributed by atoms with Gasteiger partial charge in [0.05, 0.1) is 18.4 Å². The Bertz CT molecular complexity index is 734. The zero-order valence-corrected chi connectivity index (χ0v) is 11.6. The van der Waals surface area contributed by atoms with Crippen molar-refractivity contribution in [2.24, 2.45) is 0 Å². The zero-order valence-electron chi connectivity index (χ0n) is 11.6. The van der Waals surface area contributed by atoms with Gasteiger partial charge in [-0.3, -0.25) is 4.90 Å². The van der Waals surface area contributed by atoms with Crippen molar-refractivity contribution in [3.63, 3.8) is 0 Å². The fraction of sp³-hybridized carbons (Fsp3) is 0.176. The summed E-state index contributed by atoms with van der Waals surface area (Å²) in [6.45, 7) is 2.03. The predicted molar refractivity (Wildman–Crippen MR) is 79.7 cm³/mol. The first kappa shape index (κ1) is 13.2. The molecule has 1 atom stereocenters. The van der Waals surface area contributed by atoms with Gasteiger partial charge in [-0.25, -0.2) is 4.79 Å². The largest absolute Gasteiger partial charge is 0.449 e. The lowest BCUT2D eigenvalue weighted by atomic mass is 9.89. The zero-order chi connectivity index (χ0) is 14.8. The number of nitrogens with zero attached hydrogens (tertiary/aromatic N) is 2. The molecule has 4 heteroatoms. The Morgan fingerprint density at radius 2 is 1.86 bits per heavy atom. The number of anilines is 1. The van der Waals surface area contributed by atoms with Crippen molar-refractivity contribution >= 4 is 11.8 Å². The van der Waals surface area contributed by atoms with Crippen LogP contribution in [0.1, 0.15) is 18.5 Å². The van der Waals surface area contributed by atoms with Crippen molar-refractivity contribution in [3.8, 4) is 17.2 Å². The van der Waals surface area contributed by atoms with Crippen LogP contribution in [-0.4, -0.2) is 12.7 Å². The van der Waals surface area contributed by atoms with Gasteiger partial charge in [0.25, 0.3) is 0 Å². The van der Waals surface area contributed by atoms with E-state index in [1.165, 1.54) is 4.90 Å². The molecule has 1 amide bonds. The van der Waals surface area contributed by atoms with E-state index in [0.29, 0.717) is 5.69 Å². The number of hydrogen-bond donors (Lipinski definition) is 0. The number of carbonyl (C=O) groups is 1. The Morgan fingerprint density at radius 1 is 1.19 bits per heavy atom. The van der Waals surface area contributed by atoms with Gasteiger partial charge >= 0.3 is 6.09 Å². The van der Waals surface area contributed by atoms with E-state index in [-0.39, 0.29) is 6.61 Å². The van der Waals surface area contributed by atoms with Crippen LogP contribution in [0.15, 0.2) is 48.5 Å². The second-order valence-corrected chi connectivity index (χ2v) is 4.70. The summed E-state index contributed by atoms with van der Waals surface area (Å²) in [6, 6.07) is 16.8. The summed E-state index contributed by atoms with van der Waals surface area (Å²) in [5.74, 6) is 0. The number of hydrogen-bond acceptors (Lipinski definition) is 3. The molecule has 0 saturated carbocycles. The van der Waals surface area contributed by atoms with Crippen LogP contribution in [0, 0.1) is 11.3 Å². The van der Waals surface area contributed by atoms with Crippen molar-refractivity contribution in [3.05, 3.63) is 54.1 Å². The molecule has 1 unspecified atom stereocenters. The van der Waals surface area contributed by atoms with Crippen molar-refractivity contribution in [1.82, 2.24) is 0 Å². The summed E-state index contributed by atoms with van der Waals surface area (Å²) < 4.78 is 5.12. The molecule has 1 aliphatic rings. The molecule has 2 aromatic rings. The van der Waals surface area contributed by atoms with Crippen LogP contribution in [0.5, 0.6) is 0 Å². The fourth-order valence-corrected chi connectivity index (χ4v) is 2.69. The highest BCUT2D eigenvalue weighted by molar-refractivity contribution is 5.98. The number of fused-ring (bicyclic) bond motifs is 3. The van der Waals surface area contributed by atoms with E-state index in [2.05, 4.69) is 6.07 Å². The van der Waals surface area contributed by atoms with Gasteiger partial charge in [0.15, 0.2) is 6.04 Å². The van der Waals surface area contributed by atoms with Gasteiger partial charge in [-0.1, -0.05) is 42.5 Å². The van der Waals surface area contributed by atoms with E-state index in [0.717, 1.165) is 16.7 Å². The minimum atomic E-state index is -0.671. The molecule has 0 saturated heterocycles. The SMILES string of the molecule is CCOC(=O)N1c2ccccc2-c2ccccc2C1C#N. The van der Waals surface area contributed by atoms with Crippen molar-refractivity contribution < 1.29 is 9.53 Å². The van der Waals surface area contributed by atoms with Crippen molar-refractivity contribution in [2.45, 2.75) is 13.0 Å². The second kappa shape index (κ2) is 5.29. The van der Waals surface area contributed by atoms with Crippen molar-refractivity contribution in [1.29, 1.82) is 5.26 Å². The van der Waals surface area contributed by atoms with Crippen LogP contribution in [0.2, 0.25) is 0 Å². The smallest absolute Gasteiger partial charge is 0.415 e. The third-order valence-corrected chi connectivity index (χ3v) is 3.55. The number of carbonyl (C=O) groups excluding carboxylic acids is 1. The minimum Gasteiger partial charge on any atom is -0.449 e. The van der Waals surface area contributed by atoms with Gasteiger partial charge < -0.3 is 4.74 Å². The number of ether oxygens (including phenoxy) is 1. The lowest BCUT2D eigenvalue weighted by Crippen LogP contribution is -2.37. The number of amides is 1. The van der Waals surface area contributed by atoms with Crippen LogP contribution in [0.4, 0.5) is 10.5 Å². The molecule has 1 heterocycles. The van der Waals surface area contributed by atoms with Crippen molar-refractivity contribution in [2.75, 3.05) is 11.5 Å². The molecule has 104 valence electrons. The van der Waals surface area contributed by atoms with E-state index in [1.54, 1.807) is 6.92 Å². The summed E-state index contributed by atoms with van der Waals surface area (Å²) in [7, 11) is 0. The normalized spacial score (nSPS) is 15.6. The Hall–Kier alpha value is -2.80. The molecule has 0 bridgehead atoms. The van der Waals surface area contributed by atoms with Gasteiger partial charge in [0.1, 0.15) is 0 Å². The molecule has 0 aromatic heterocycles. The molecular formula is C17H14N2O2. The Kier molecular flexibility index (Phi) is 3.33. The van der Waals surface area contributed by atoms with Gasteiger partial charge in [0, 0.05) is 5.56 Å². The van der Waals surface area contributed by atoms with Gasteiger partial charge in [-0.05, 0) is 24.1 Å². The van der Waals surface area contributed by atoms with Crippen LogP contribution in [-0.2, 0) is 4.74 Å². The maximum Gasteiger partial charge on any atom is 0.415 e. The van der Waals surface area contributed by atoms with E-state index < -0.39 is 12.1 Å². The van der Waals surface area contributed by atoms with E-state index in [1.807, 2.05) is 48.5 Å². The maximum absolute atomic E-state index is 12.3. The summed E-state index contributed by atoms with van der Waals surface area (Å²) >= 11 is 0. The number of rotatable bonds is 1. The maximum atomic E-state index is 12.3. The monoisotopic (exact) mass is 278 g/mol. The standard InChI is InChI=1S/C17H14N2O2/c1-2-21-17(20)19-15-10-6-5-8-13(15)12-7-3-4-9-14(12)16(19)11-18/h3-10,16H,2H2,1H3. The first-order valence-electron chi connectivity index (χ1n) is 6.82. The number of benzene rings is 2. The third-order valence-electron chi connectivity index (χ3n) is 3.55. The number of para-hydroxylation sites is 1. The summed E-state index contributed by atoms with van der Waals surface area (Å²) in [5, 5.41) is 9.55. The van der Waals surface area contributed by atoms with Crippen LogP contribution >= 0.6 is 0 Å². The highest BCUT2D eigenvalue weighted by Gasteiger charge is 2.35. The summed E-state index contributed by atoms with van der Waals surface area (Å²) in [4.78, 5) is 13.7. The van der Waals surface area contributed by atoms with E-state index in [4.69, 9.17) is 4.74 Å². The lowest BCUT2D eigenvalue weighted by Gasteiger charge is -2.34. The fourth-order valence-electron chi connectivity index (χ4n) is 2.69. The first-order chi connectivity index (χ1) is 10.3. The molecule has 21 heavy (non-hydrogen) atoms. The average Bonchev–Trinajstić information content (AvgIpc) is 2.53. The topological polar surface area (TPSA) is 53.3 Å². The molecule has 0 N–H and O–H groups in total. The lowest BCUT2D eigenvalue weighted by molar-refractivity contribution is 0.158. The Morgan fingerprint density at radius 3 is 2.57 bits per heavy atom. The first-order valence-corrected chi connectivity index (χ1v) is 6.82. The molecule has 0 spiro atoms. The van der Waals surface area contributed by atoms with Gasteiger partial charge in [-0.15, -0.1) is 0 Å². The van der Waals surface area contributed by atoms with Gasteiger partial charge in [0.2, 0.25) is 0 Å². The minimum absolute atomic E-state index is 0.275. The molecule has 0 fully saturated rings. The van der Waals surface area contributed by atoms with Crippen LogP contribution < -0.4 is 4.90 Å². The van der Waals surface area contributed by atoms with E-state index in [9.17, 15) is 10.1 Å². The number of nitriles is 1. The molecule has 2 aromatic carbocycles. The summed E-state index contributed by atoms with van der Waals surface area (Å²) in [6.07, 6.45) is -0.494. The molecule has 3 rings (SSSR count). The second-order valence-electron chi connectivity index (χ2n) is 4.70. The summed E-state index contributed by atoms with van der Waals surface area (Å²) in [5.41, 5.74) is 3.46. The molecule has 1 aliphatic heterocycles. The quantitative estimate of drug-likeness (QED) is 0.795. The highest BCUT2D eigenvalue weighted by atomic mass is 16.6. The Balaban J connectivity index is 2.23. The average molecular weight is 278 g/mol. The molecular weight excluding hydrogens is 264 g/mol. The molecule has 0 radical (unpaired) electrons. The third kappa shape index (κ3) is 2.03. The van der Waals surface area contributed by atoms with Crippen LogP contribution in [0.3, 0.4) is 0 Å². The van der Waals surface area contributed by atoms with E-state index >= 15 is 0 Å². The van der Waals surface area contributed by atoms with Crippen LogP contribution in [0.25, 0.3) is 11.1 Å². The molecule has 0 aliphatic carbocycles. The predicted octanol–water partition coefficient (Wildman–Crippen LogP) is 3.89. The molecule has 4 nitrogen and oxygen atoms in total. The highest BCUT2D eigenvalue weighted by Crippen LogP contribution is 2.44. The Labute approximate surface area is 123 Å².